The normalized spacial score (nSPS) is 23.7. The fraction of sp³-hybridized carbons (Fsp3) is 0.643. The van der Waals surface area contributed by atoms with E-state index in [1.54, 1.807) is 28.0 Å². The molecule has 1 aliphatic heterocycles. The summed E-state index contributed by atoms with van der Waals surface area (Å²) < 4.78 is 0. The number of aryl methyl sites for hydroxylation is 2. The first kappa shape index (κ1) is 14.8. The number of aromatic nitrogens is 1. The summed E-state index contributed by atoms with van der Waals surface area (Å²) >= 11 is 3.20. The summed E-state index contributed by atoms with van der Waals surface area (Å²) in [7, 11) is 0. The number of rotatable bonds is 3. The van der Waals surface area contributed by atoms with Gasteiger partial charge in [-0.25, -0.2) is 4.98 Å². The van der Waals surface area contributed by atoms with E-state index in [1.807, 2.05) is 13.8 Å². The molecule has 2 heterocycles. The molecule has 1 aromatic heterocycles. The van der Waals surface area contributed by atoms with E-state index >= 15 is 0 Å². The summed E-state index contributed by atoms with van der Waals surface area (Å²) in [5, 5.41) is 3.57. The molecule has 5 nitrogen and oxygen atoms in total. The third-order valence-electron chi connectivity index (χ3n) is 4.04. The van der Waals surface area contributed by atoms with Crippen LogP contribution in [0.15, 0.2) is 0 Å². The first-order valence-corrected chi connectivity index (χ1v) is 8.98. The highest BCUT2D eigenvalue weighted by Gasteiger charge is 2.43. The van der Waals surface area contributed by atoms with Crippen LogP contribution in [-0.2, 0) is 22.4 Å². The summed E-state index contributed by atoms with van der Waals surface area (Å²) in [6.45, 7) is 3.92. The van der Waals surface area contributed by atoms with Gasteiger partial charge in [0.2, 0.25) is 12.3 Å². The van der Waals surface area contributed by atoms with E-state index in [0.29, 0.717) is 10.9 Å². The SMILES string of the molecule is CC1(C)SCC(C(=O)Nc2nc3c(s2)CCCC3)N1C=O. The minimum atomic E-state index is -0.413. The van der Waals surface area contributed by atoms with E-state index in [2.05, 4.69) is 10.3 Å². The standard InChI is InChI=1S/C14H19N3O2S2/c1-14(2)17(8-18)10(7-20-14)12(19)16-13-15-9-5-3-4-6-11(9)21-13/h8,10H,3-7H2,1-2H3,(H,15,16,19). The lowest BCUT2D eigenvalue weighted by Gasteiger charge is -2.29. The van der Waals surface area contributed by atoms with Crippen LogP contribution in [0.3, 0.4) is 0 Å². The van der Waals surface area contributed by atoms with Crippen LogP contribution in [0, 0.1) is 0 Å². The van der Waals surface area contributed by atoms with Crippen LogP contribution in [0.2, 0.25) is 0 Å². The Bertz CT molecular complexity index is 547. The molecule has 1 saturated heterocycles. The molecule has 0 radical (unpaired) electrons. The Balaban J connectivity index is 1.72. The number of carbonyl (C=O) groups is 2. The Morgan fingerprint density at radius 1 is 1.43 bits per heavy atom. The number of fused-ring (bicyclic) bond motifs is 1. The first-order valence-electron chi connectivity index (χ1n) is 7.18. The van der Waals surface area contributed by atoms with Crippen LogP contribution >= 0.6 is 23.1 Å². The van der Waals surface area contributed by atoms with Gasteiger partial charge in [-0.2, -0.15) is 0 Å². The largest absolute Gasteiger partial charge is 0.318 e. The number of hydrogen-bond acceptors (Lipinski definition) is 5. The fourth-order valence-corrected chi connectivity index (χ4v) is 5.06. The van der Waals surface area contributed by atoms with E-state index in [1.165, 1.54) is 17.7 Å². The maximum Gasteiger partial charge on any atom is 0.249 e. The van der Waals surface area contributed by atoms with Gasteiger partial charge in [0.15, 0.2) is 5.13 Å². The molecule has 2 aliphatic rings. The number of thioether (sulfide) groups is 1. The van der Waals surface area contributed by atoms with Crippen molar-refractivity contribution < 1.29 is 9.59 Å². The van der Waals surface area contributed by atoms with E-state index in [0.717, 1.165) is 24.9 Å². The van der Waals surface area contributed by atoms with Gasteiger partial charge >= 0.3 is 0 Å². The van der Waals surface area contributed by atoms with Crippen LogP contribution in [-0.4, -0.2) is 38.9 Å². The number of nitrogens with one attached hydrogen (secondary N) is 1. The van der Waals surface area contributed by atoms with Crippen molar-refractivity contribution in [3.05, 3.63) is 10.6 Å². The van der Waals surface area contributed by atoms with Crippen molar-refractivity contribution in [2.45, 2.75) is 50.4 Å². The van der Waals surface area contributed by atoms with Crippen molar-refractivity contribution >= 4 is 40.5 Å². The molecule has 1 unspecified atom stereocenters. The lowest BCUT2D eigenvalue weighted by Crippen LogP contribution is -2.47. The Morgan fingerprint density at radius 2 is 2.19 bits per heavy atom. The third-order valence-corrected chi connectivity index (χ3v) is 6.52. The summed E-state index contributed by atoms with van der Waals surface area (Å²) in [5.74, 6) is 0.495. The van der Waals surface area contributed by atoms with Crippen molar-refractivity contribution in [3.63, 3.8) is 0 Å². The van der Waals surface area contributed by atoms with E-state index in [4.69, 9.17) is 0 Å². The molecule has 1 atom stereocenters. The van der Waals surface area contributed by atoms with E-state index < -0.39 is 6.04 Å². The fourth-order valence-electron chi connectivity index (χ4n) is 2.81. The van der Waals surface area contributed by atoms with Crippen LogP contribution in [0.1, 0.15) is 37.3 Å². The third kappa shape index (κ3) is 2.81. The number of anilines is 1. The lowest BCUT2D eigenvalue weighted by atomic mass is 10.0. The quantitative estimate of drug-likeness (QED) is 0.866. The zero-order chi connectivity index (χ0) is 15.0. The number of thiazole rings is 1. The number of carbonyl (C=O) groups excluding carboxylic acids is 2. The minimum Gasteiger partial charge on any atom is -0.318 e. The van der Waals surface area contributed by atoms with Gasteiger partial charge in [-0.05, 0) is 39.5 Å². The number of hydrogen-bond donors (Lipinski definition) is 1. The van der Waals surface area contributed by atoms with Gasteiger partial charge in [0.05, 0.1) is 10.6 Å². The molecule has 2 amide bonds. The maximum atomic E-state index is 12.4. The molecule has 114 valence electrons. The monoisotopic (exact) mass is 325 g/mol. The Kier molecular flexibility index (Phi) is 3.96. The van der Waals surface area contributed by atoms with Gasteiger partial charge in [0, 0.05) is 10.6 Å². The van der Waals surface area contributed by atoms with Gasteiger partial charge in [0.25, 0.3) is 0 Å². The highest BCUT2D eigenvalue weighted by molar-refractivity contribution is 8.00. The van der Waals surface area contributed by atoms with Gasteiger partial charge < -0.3 is 10.2 Å². The molecule has 21 heavy (non-hydrogen) atoms. The highest BCUT2D eigenvalue weighted by Crippen LogP contribution is 2.38. The Morgan fingerprint density at radius 3 is 2.90 bits per heavy atom. The maximum absolute atomic E-state index is 12.4. The smallest absolute Gasteiger partial charge is 0.249 e. The molecular formula is C14H19N3O2S2. The van der Waals surface area contributed by atoms with Crippen molar-refractivity contribution in [2.24, 2.45) is 0 Å². The van der Waals surface area contributed by atoms with Crippen molar-refractivity contribution in [1.82, 2.24) is 9.88 Å². The Labute approximate surface area is 132 Å². The zero-order valence-corrected chi connectivity index (χ0v) is 13.9. The molecular weight excluding hydrogens is 306 g/mol. The molecule has 0 bridgehead atoms. The topological polar surface area (TPSA) is 62.3 Å². The molecule has 0 saturated carbocycles. The minimum absolute atomic E-state index is 0.133. The summed E-state index contributed by atoms with van der Waals surface area (Å²) in [6.07, 6.45) is 5.23. The van der Waals surface area contributed by atoms with Crippen LogP contribution in [0.5, 0.6) is 0 Å². The average molecular weight is 325 g/mol. The van der Waals surface area contributed by atoms with Gasteiger partial charge in [0.1, 0.15) is 6.04 Å². The molecule has 7 heteroatoms. The highest BCUT2D eigenvalue weighted by atomic mass is 32.2. The predicted octanol–water partition coefficient (Wildman–Crippen LogP) is 2.27. The van der Waals surface area contributed by atoms with Crippen molar-refractivity contribution in [1.29, 1.82) is 0 Å². The lowest BCUT2D eigenvalue weighted by molar-refractivity contribution is -0.130. The second-order valence-corrected chi connectivity index (χ2v) is 8.58. The molecule has 1 N–H and O–H groups in total. The molecule has 0 aromatic carbocycles. The second kappa shape index (κ2) is 5.61. The average Bonchev–Trinajstić information content (AvgIpc) is 2.97. The number of amides is 2. The molecule has 3 rings (SSSR count). The molecule has 1 fully saturated rings. The second-order valence-electron chi connectivity index (χ2n) is 5.87. The Hall–Kier alpha value is -1.08. The van der Waals surface area contributed by atoms with Crippen LogP contribution < -0.4 is 5.32 Å². The van der Waals surface area contributed by atoms with E-state index in [9.17, 15) is 9.59 Å². The number of nitrogens with zero attached hydrogens (tertiary/aromatic N) is 2. The summed E-state index contributed by atoms with van der Waals surface area (Å²) in [6, 6.07) is -0.413. The van der Waals surface area contributed by atoms with Crippen LogP contribution in [0.25, 0.3) is 0 Å². The van der Waals surface area contributed by atoms with Crippen molar-refractivity contribution in [2.75, 3.05) is 11.1 Å². The van der Waals surface area contributed by atoms with Gasteiger partial charge in [-0.3, -0.25) is 9.59 Å². The molecule has 1 aliphatic carbocycles. The van der Waals surface area contributed by atoms with Gasteiger partial charge in [-0.15, -0.1) is 23.1 Å². The molecule has 0 spiro atoms. The van der Waals surface area contributed by atoms with Crippen LogP contribution in [0.4, 0.5) is 5.13 Å². The molecule has 1 aromatic rings. The predicted molar refractivity (Wildman–Crippen MR) is 85.6 cm³/mol. The zero-order valence-electron chi connectivity index (χ0n) is 12.2. The van der Waals surface area contributed by atoms with Crippen molar-refractivity contribution in [3.8, 4) is 0 Å². The first-order chi connectivity index (χ1) is 10.0. The van der Waals surface area contributed by atoms with Gasteiger partial charge in [-0.1, -0.05) is 0 Å². The summed E-state index contributed by atoms with van der Waals surface area (Å²) in [5.41, 5.74) is 1.13. The summed E-state index contributed by atoms with van der Waals surface area (Å²) in [4.78, 5) is 30.8. The van der Waals surface area contributed by atoms with E-state index in [-0.39, 0.29) is 10.8 Å².